The molecule has 0 saturated carbocycles. The Morgan fingerprint density at radius 3 is 2.28 bits per heavy atom. The van der Waals surface area contributed by atoms with Gasteiger partial charge in [0, 0.05) is 19.1 Å². The van der Waals surface area contributed by atoms with Gasteiger partial charge in [0.25, 0.3) is 5.91 Å². The van der Waals surface area contributed by atoms with Crippen LogP contribution in [0.1, 0.15) is 42.7 Å². The maximum absolute atomic E-state index is 12.3. The first-order valence-corrected chi connectivity index (χ1v) is 9.71. The fourth-order valence-corrected chi connectivity index (χ4v) is 4.18. The number of piperidine rings is 1. The van der Waals surface area contributed by atoms with Gasteiger partial charge < -0.3 is 19.2 Å². The maximum atomic E-state index is 12.3. The zero-order valence-corrected chi connectivity index (χ0v) is 16.0. The van der Waals surface area contributed by atoms with Gasteiger partial charge in [0.2, 0.25) is 0 Å². The molecule has 3 aliphatic heterocycles. The van der Waals surface area contributed by atoms with Crippen molar-refractivity contribution in [2.45, 2.75) is 49.9 Å². The van der Waals surface area contributed by atoms with E-state index in [1.807, 2.05) is 4.90 Å². The summed E-state index contributed by atoms with van der Waals surface area (Å²) in [6.45, 7) is 4.87. The Kier molecular flexibility index (Phi) is 6.52. The van der Waals surface area contributed by atoms with Gasteiger partial charge in [-0.05, 0) is 57.3 Å². The second-order valence-electron chi connectivity index (χ2n) is 7.67. The lowest BCUT2D eigenvalue weighted by molar-refractivity contribution is -0.192. The van der Waals surface area contributed by atoms with E-state index in [9.17, 15) is 18.0 Å². The van der Waals surface area contributed by atoms with Crippen molar-refractivity contribution in [1.29, 1.82) is 0 Å². The van der Waals surface area contributed by atoms with E-state index in [2.05, 4.69) is 4.90 Å². The molecule has 1 N–H and O–H groups in total. The van der Waals surface area contributed by atoms with Gasteiger partial charge in [-0.15, -0.1) is 0 Å². The first kappa shape index (κ1) is 21.6. The van der Waals surface area contributed by atoms with Crippen molar-refractivity contribution in [3.05, 3.63) is 24.2 Å². The molecule has 10 heteroatoms. The van der Waals surface area contributed by atoms with Crippen LogP contribution in [0.25, 0.3) is 0 Å². The van der Waals surface area contributed by atoms with Crippen LogP contribution in [-0.2, 0) is 9.53 Å². The number of furan rings is 1. The molecule has 1 atom stereocenters. The molecule has 1 aromatic heterocycles. The Balaban J connectivity index is 0.000000298. The molecule has 162 valence electrons. The van der Waals surface area contributed by atoms with E-state index in [4.69, 9.17) is 19.1 Å². The van der Waals surface area contributed by atoms with Gasteiger partial charge in [0.05, 0.1) is 18.5 Å². The molecule has 0 bridgehead atoms. The summed E-state index contributed by atoms with van der Waals surface area (Å²) in [4.78, 5) is 25.7. The predicted molar refractivity (Wildman–Crippen MR) is 95.4 cm³/mol. The van der Waals surface area contributed by atoms with Gasteiger partial charge in [0.15, 0.2) is 5.76 Å². The van der Waals surface area contributed by atoms with Gasteiger partial charge in [-0.25, -0.2) is 4.79 Å². The summed E-state index contributed by atoms with van der Waals surface area (Å²) in [6, 6.07) is 4.09. The molecule has 3 aliphatic rings. The highest BCUT2D eigenvalue weighted by atomic mass is 19.4. The second kappa shape index (κ2) is 8.74. The minimum atomic E-state index is -5.08. The highest BCUT2D eigenvalue weighted by Crippen LogP contribution is 2.38. The molecule has 1 unspecified atom stereocenters. The highest BCUT2D eigenvalue weighted by Gasteiger charge is 2.45. The number of ether oxygens (including phenoxy) is 1. The van der Waals surface area contributed by atoms with Crippen LogP contribution in [0, 0.1) is 0 Å². The van der Waals surface area contributed by atoms with E-state index in [0.29, 0.717) is 11.8 Å². The van der Waals surface area contributed by atoms with Gasteiger partial charge in [-0.1, -0.05) is 0 Å². The number of rotatable bonds is 2. The van der Waals surface area contributed by atoms with Crippen LogP contribution in [0.3, 0.4) is 0 Å². The third-order valence-electron chi connectivity index (χ3n) is 5.78. The van der Waals surface area contributed by atoms with Crippen LogP contribution >= 0.6 is 0 Å². The number of carboxylic acid groups (broad SMARTS) is 1. The first-order valence-electron chi connectivity index (χ1n) is 9.71. The normalized spacial score (nSPS) is 24.4. The summed E-state index contributed by atoms with van der Waals surface area (Å²) in [5.74, 6) is -2.31. The van der Waals surface area contributed by atoms with Gasteiger partial charge in [-0.3, -0.25) is 9.69 Å². The molecule has 4 heterocycles. The maximum Gasteiger partial charge on any atom is 0.490 e. The van der Waals surface area contributed by atoms with Crippen LogP contribution in [0.15, 0.2) is 22.8 Å². The number of carbonyl (C=O) groups is 2. The minimum absolute atomic E-state index is 0.00714. The van der Waals surface area contributed by atoms with Gasteiger partial charge >= 0.3 is 12.1 Å². The summed E-state index contributed by atoms with van der Waals surface area (Å²) < 4.78 is 43.2. The van der Waals surface area contributed by atoms with Crippen LogP contribution in [-0.4, -0.2) is 77.4 Å². The van der Waals surface area contributed by atoms with E-state index >= 15 is 0 Å². The Bertz CT molecular complexity index is 693. The van der Waals surface area contributed by atoms with E-state index < -0.39 is 12.1 Å². The van der Waals surface area contributed by atoms with Crippen molar-refractivity contribution < 1.29 is 37.0 Å². The lowest BCUT2D eigenvalue weighted by Gasteiger charge is -2.38. The fourth-order valence-electron chi connectivity index (χ4n) is 4.18. The number of likely N-dealkylation sites (tertiary alicyclic amines) is 2. The monoisotopic (exact) mass is 418 g/mol. The third kappa shape index (κ3) is 5.30. The Hall–Kier alpha value is -2.07. The summed E-state index contributed by atoms with van der Waals surface area (Å²) in [7, 11) is 0. The Labute approximate surface area is 166 Å². The zero-order chi connectivity index (χ0) is 21.1. The number of amides is 1. The molecular formula is C19H25F3N2O5. The Morgan fingerprint density at radius 1 is 1.14 bits per heavy atom. The van der Waals surface area contributed by atoms with E-state index in [1.165, 1.54) is 25.9 Å². The number of hydrogen-bond donors (Lipinski definition) is 1. The van der Waals surface area contributed by atoms with Crippen molar-refractivity contribution in [3.8, 4) is 0 Å². The van der Waals surface area contributed by atoms with Crippen LogP contribution < -0.4 is 0 Å². The van der Waals surface area contributed by atoms with Crippen molar-refractivity contribution >= 4 is 11.9 Å². The molecule has 1 spiro atoms. The summed E-state index contributed by atoms with van der Waals surface area (Å²) in [5.41, 5.74) is 0.00714. The summed E-state index contributed by atoms with van der Waals surface area (Å²) in [6.07, 6.45) is 2.16. The SMILES string of the molecule is O=C(O)C(F)(F)F.O=C(c1ccco1)N1CCC2(CC1)CC(N1CCCC1)CO2. The average molecular weight is 418 g/mol. The number of aliphatic carboxylic acids is 1. The molecular weight excluding hydrogens is 393 g/mol. The van der Waals surface area contributed by atoms with Crippen LogP contribution in [0.2, 0.25) is 0 Å². The molecule has 0 aliphatic carbocycles. The molecule has 4 rings (SSSR count). The number of hydrogen-bond acceptors (Lipinski definition) is 5. The number of carboxylic acids is 1. The summed E-state index contributed by atoms with van der Waals surface area (Å²) >= 11 is 0. The molecule has 3 saturated heterocycles. The van der Waals surface area contributed by atoms with Crippen molar-refractivity contribution in [2.24, 2.45) is 0 Å². The van der Waals surface area contributed by atoms with Gasteiger partial charge in [-0.2, -0.15) is 13.2 Å². The molecule has 1 aromatic rings. The minimum Gasteiger partial charge on any atom is -0.475 e. The highest BCUT2D eigenvalue weighted by molar-refractivity contribution is 5.91. The van der Waals surface area contributed by atoms with Gasteiger partial charge in [0.1, 0.15) is 0 Å². The van der Waals surface area contributed by atoms with E-state index in [0.717, 1.165) is 39.0 Å². The van der Waals surface area contributed by atoms with Crippen molar-refractivity contribution in [1.82, 2.24) is 9.80 Å². The number of halogens is 3. The standard InChI is InChI=1S/C17H24N2O3.C2HF3O2/c20-16(15-4-3-11-21-15)19-9-5-17(6-10-19)12-14(13-22-17)18-7-1-2-8-18;3-2(4,5)1(6)7/h3-4,11,14H,1-2,5-10,12-13H2;(H,6,7). The quantitative estimate of drug-likeness (QED) is 0.795. The fraction of sp³-hybridized carbons (Fsp3) is 0.684. The third-order valence-corrected chi connectivity index (χ3v) is 5.78. The van der Waals surface area contributed by atoms with E-state index in [1.54, 1.807) is 18.4 Å². The molecule has 29 heavy (non-hydrogen) atoms. The smallest absolute Gasteiger partial charge is 0.475 e. The average Bonchev–Trinajstić information content (AvgIpc) is 3.43. The van der Waals surface area contributed by atoms with Crippen molar-refractivity contribution in [3.63, 3.8) is 0 Å². The van der Waals surface area contributed by atoms with Crippen LogP contribution in [0.4, 0.5) is 13.2 Å². The number of carbonyl (C=O) groups excluding carboxylic acids is 1. The first-order chi connectivity index (χ1) is 13.7. The molecule has 0 radical (unpaired) electrons. The van der Waals surface area contributed by atoms with E-state index in [-0.39, 0.29) is 11.5 Å². The molecule has 0 aromatic carbocycles. The molecule has 1 amide bonds. The topological polar surface area (TPSA) is 83.2 Å². The lowest BCUT2D eigenvalue weighted by atomic mass is 9.87. The molecule has 7 nitrogen and oxygen atoms in total. The van der Waals surface area contributed by atoms with Crippen LogP contribution in [0.5, 0.6) is 0 Å². The van der Waals surface area contributed by atoms with Crippen molar-refractivity contribution in [2.75, 3.05) is 32.8 Å². The second-order valence-corrected chi connectivity index (χ2v) is 7.67. The largest absolute Gasteiger partial charge is 0.490 e. The number of nitrogens with zero attached hydrogens (tertiary/aromatic N) is 2. The zero-order valence-electron chi connectivity index (χ0n) is 16.0. The molecule has 3 fully saturated rings. The summed E-state index contributed by atoms with van der Waals surface area (Å²) in [5, 5.41) is 7.12. The lowest BCUT2D eigenvalue weighted by Crippen LogP contribution is -2.47. The number of alkyl halides is 3. The predicted octanol–water partition coefficient (Wildman–Crippen LogP) is 2.77. The Morgan fingerprint density at radius 2 is 1.76 bits per heavy atom.